The summed E-state index contributed by atoms with van der Waals surface area (Å²) in [6.45, 7) is 0. The second-order valence-corrected chi connectivity index (χ2v) is 3.75. The fourth-order valence-corrected chi connectivity index (χ4v) is 1.52. The third kappa shape index (κ3) is 2.54. The number of nitrogens with zero attached hydrogens (tertiary/aromatic N) is 2. The van der Waals surface area contributed by atoms with Gasteiger partial charge in [-0.1, -0.05) is 11.6 Å². The minimum absolute atomic E-state index is 0.0889. The fourth-order valence-electron chi connectivity index (χ4n) is 1.30. The Bertz CT molecular complexity index is 607. The van der Waals surface area contributed by atoms with E-state index >= 15 is 0 Å². The SMILES string of the molecule is O=C(O)c1cncnc1Nc1ccc(F)cc1Cl. The van der Waals surface area contributed by atoms with Crippen molar-refractivity contribution in [1.29, 1.82) is 0 Å². The Morgan fingerprint density at radius 1 is 1.44 bits per heavy atom. The predicted molar refractivity (Wildman–Crippen MR) is 63.7 cm³/mol. The van der Waals surface area contributed by atoms with Crippen molar-refractivity contribution in [3.8, 4) is 0 Å². The molecule has 0 saturated carbocycles. The maximum absolute atomic E-state index is 12.9. The number of hydrogen-bond donors (Lipinski definition) is 2. The van der Waals surface area contributed by atoms with E-state index in [2.05, 4.69) is 15.3 Å². The van der Waals surface area contributed by atoms with Gasteiger partial charge in [0, 0.05) is 6.20 Å². The Morgan fingerprint density at radius 3 is 2.89 bits per heavy atom. The quantitative estimate of drug-likeness (QED) is 0.894. The molecule has 1 aromatic heterocycles. The van der Waals surface area contributed by atoms with Gasteiger partial charge in [0.25, 0.3) is 0 Å². The second-order valence-electron chi connectivity index (χ2n) is 3.34. The van der Waals surface area contributed by atoms with Crippen LogP contribution in [0.3, 0.4) is 0 Å². The van der Waals surface area contributed by atoms with Crippen LogP contribution in [0.1, 0.15) is 10.4 Å². The van der Waals surface area contributed by atoms with Crippen molar-refractivity contribution < 1.29 is 14.3 Å². The van der Waals surface area contributed by atoms with E-state index in [9.17, 15) is 9.18 Å². The molecule has 0 aliphatic rings. The molecule has 2 aromatic rings. The van der Waals surface area contributed by atoms with E-state index in [1.54, 1.807) is 0 Å². The molecule has 0 fully saturated rings. The van der Waals surface area contributed by atoms with Crippen LogP contribution in [0.25, 0.3) is 0 Å². The minimum atomic E-state index is -1.17. The number of aromatic nitrogens is 2. The lowest BCUT2D eigenvalue weighted by molar-refractivity contribution is 0.0697. The number of carboxylic acid groups (broad SMARTS) is 1. The molecule has 2 N–H and O–H groups in total. The largest absolute Gasteiger partial charge is 0.477 e. The number of aromatic carboxylic acids is 1. The van der Waals surface area contributed by atoms with Crippen molar-refractivity contribution >= 4 is 29.1 Å². The lowest BCUT2D eigenvalue weighted by atomic mass is 10.2. The molecular weight excluding hydrogens is 261 g/mol. The molecule has 2 rings (SSSR count). The lowest BCUT2D eigenvalue weighted by Gasteiger charge is -2.09. The van der Waals surface area contributed by atoms with Crippen LogP contribution in [0.5, 0.6) is 0 Å². The minimum Gasteiger partial charge on any atom is -0.477 e. The molecule has 0 amide bonds. The summed E-state index contributed by atoms with van der Waals surface area (Å²) in [5.41, 5.74) is 0.261. The maximum Gasteiger partial charge on any atom is 0.341 e. The zero-order valence-corrected chi connectivity index (χ0v) is 9.65. The first-order chi connectivity index (χ1) is 8.58. The van der Waals surface area contributed by atoms with Gasteiger partial charge in [-0.15, -0.1) is 0 Å². The number of anilines is 2. The summed E-state index contributed by atoms with van der Waals surface area (Å²) in [6.07, 6.45) is 2.36. The van der Waals surface area contributed by atoms with Gasteiger partial charge in [-0.25, -0.2) is 19.2 Å². The van der Waals surface area contributed by atoms with Crippen molar-refractivity contribution in [2.24, 2.45) is 0 Å². The highest BCUT2D eigenvalue weighted by Gasteiger charge is 2.12. The van der Waals surface area contributed by atoms with E-state index in [1.165, 1.54) is 18.5 Å². The van der Waals surface area contributed by atoms with Crippen LogP contribution in [-0.4, -0.2) is 21.0 Å². The van der Waals surface area contributed by atoms with E-state index in [0.717, 1.165) is 12.3 Å². The first kappa shape index (κ1) is 12.3. The summed E-state index contributed by atoms with van der Waals surface area (Å²) in [5, 5.41) is 11.8. The second kappa shape index (κ2) is 4.97. The van der Waals surface area contributed by atoms with Gasteiger partial charge in [0.05, 0.1) is 10.7 Å². The van der Waals surface area contributed by atoms with Gasteiger partial charge in [-0.05, 0) is 18.2 Å². The highest BCUT2D eigenvalue weighted by Crippen LogP contribution is 2.26. The average molecular weight is 268 g/mol. The lowest BCUT2D eigenvalue weighted by Crippen LogP contribution is -2.05. The predicted octanol–water partition coefficient (Wildman–Crippen LogP) is 2.71. The zero-order valence-electron chi connectivity index (χ0n) is 8.89. The van der Waals surface area contributed by atoms with Crippen molar-refractivity contribution in [2.45, 2.75) is 0 Å². The molecule has 0 bridgehead atoms. The standard InChI is InChI=1S/C11H7ClFN3O2/c12-8-3-6(13)1-2-9(8)16-10-7(11(17)18)4-14-5-15-10/h1-5H,(H,17,18)(H,14,15,16). The van der Waals surface area contributed by atoms with Crippen molar-refractivity contribution in [2.75, 3.05) is 5.32 Å². The zero-order chi connectivity index (χ0) is 13.1. The topological polar surface area (TPSA) is 75.1 Å². The molecule has 0 spiro atoms. The first-order valence-electron chi connectivity index (χ1n) is 4.83. The molecule has 1 aromatic carbocycles. The molecule has 0 radical (unpaired) electrons. The third-order valence-electron chi connectivity index (χ3n) is 2.13. The van der Waals surface area contributed by atoms with Gasteiger partial charge < -0.3 is 10.4 Å². The molecule has 0 aliphatic heterocycles. The van der Waals surface area contributed by atoms with E-state index < -0.39 is 11.8 Å². The van der Waals surface area contributed by atoms with Gasteiger partial charge in [0.15, 0.2) is 0 Å². The highest BCUT2D eigenvalue weighted by atomic mass is 35.5. The Morgan fingerprint density at radius 2 is 2.22 bits per heavy atom. The number of halogens is 2. The number of rotatable bonds is 3. The van der Waals surface area contributed by atoms with E-state index in [1.807, 2.05) is 0 Å². The number of nitrogens with one attached hydrogen (secondary N) is 1. The smallest absolute Gasteiger partial charge is 0.341 e. The summed E-state index contributed by atoms with van der Waals surface area (Å²) in [5.74, 6) is -1.56. The number of benzene rings is 1. The maximum atomic E-state index is 12.9. The van der Waals surface area contributed by atoms with Gasteiger partial charge >= 0.3 is 5.97 Å². The fraction of sp³-hybridized carbons (Fsp3) is 0. The normalized spacial score (nSPS) is 10.1. The van der Waals surface area contributed by atoms with Crippen LogP contribution < -0.4 is 5.32 Å². The molecular formula is C11H7ClFN3O2. The van der Waals surface area contributed by atoms with Crippen LogP contribution in [0.2, 0.25) is 5.02 Å². The Balaban J connectivity index is 2.37. The van der Waals surface area contributed by atoms with Gasteiger partial charge in [-0.3, -0.25) is 0 Å². The molecule has 0 aliphatic carbocycles. The highest BCUT2D eigenvalue weighted by molar-refractivity contribution is 6.33. The summed E-state index contributed by atoms with van der Waals surface area (Å²) in [6, 6.07) is 3.72. The van der Waals surface area contributed by atoms with Crippen LogP contribution in [0.15, 0.2) is 30.7 Å². The van der Waals surface area contributed by atoms with E-state index in [0.29, 0.717) is 5.69 Å². The van der Waals surface area contributed by atoms with Gasteiger partial charge in [0.1, 0.15) is 23.5 Å². The molecule has 7 heteroatoms. The van der Waals surface area contributed by atoms with Crippen molar-refractivity contribution in [3.05, 3.63) is 47.1 Å². The Labute approximate surface area is 106 Å². The third-order valence-corrected chi connectivity index (χ3v) is 2.44. The molecule has 1 heterocycles. The van der Waals surface area contributed by atoms with Crippen LogP contribution in [0.4, 0.5) is 15.9 Å². The number of hydrogen-bond acceptors (Lipinski definition) is 4. The van der Waals surface area contributed by atoms with Crippen molar-refractivity contribution in [1.82, 2.24) is 9.97 Å². The van der Waals surface area contributed by atoms with E-state index in [-0.39, 0.29) is 16.4 Å². The molecule has 0 saturated heterocycles. The number of carbonyl (C=O) groups is 1. The molecule has 0 unspecified atom stereocenters. The molecule has 92 valence electrons. The summed E-state index contributed by atoms with van der Waals surface area (Å²) < 4.78 is 12.9. The summed E-state index contributed by atoms with van der Waals surface area (Å²) >= 11 is 5.82. The first-order valence-corrected chi connectivity index (χ1v) is 5.21. The van der Waals surface area contributed by atoms with Gasteiger partial charge in [0.2, 0.25) is 0 Å². The molecule has 0 atom stereocenters. The van der Waals surface area contributed by atoms with Crippen LogP contribution in [0, 0.1) is 5.82 Å². The van der Waals surface area contributed by atoms with Crippen LogP contribution >= 0.6 is 11.6 Å². The monoisotopic (exact) mass is 267 g/mol. The Kier molecular flexibility index (Phi) is 3.38. The molecule has 18 heavy (non-hydrogen) atoms. The van der Waals surface area contributed by atoms with Gasteiger partial charge in [-0.2, -0.15) is 0 Å². The average Bonchev–Trinajstić information content (AvgIpc) is 2.33. The van der Waals surface area contributed by atoms with E-state index in [4.69, 9.17) is 16.7 Å². The molecule has 5 nitrogen and oxygen atoms in total. The summed E-state index contributed by atoms with van der Waals surface area (Å²) in [7, 11) is 0. The Hall–Kier alpha value is -2.21. The van der Waals surface area contributed by atoms with Crippen molar-refractivity contribution in [3.63, 3.8) is 0 Å². The summed E-state index contributed by atoms with van der Waals surface area (Å²) in [4.78, 5) is 18.4. The van der Waals surface area contributed by atoms with Crippen LogP contribution in [-0.2, 0) is 0 Å². The number of carboxylic acids is 1.